The van der Waals surface area contributed by atoms with E-state index < -0.39 is 10.1 Å². The molecule has 0 bridgehead atoms. The van der Waals surface area contributed by atoms with Crippen molar-refractivity contribution >= 4 is 10.1 Å². The van der Waals surface area contributed by atoms with Crippen LogP contribution in [0.3, 0.4) is 0 Å². The van der Waals surface area contributed by atoms with Gasteiger partial charge in [-0.1, -0.05) is 12.8 Å². The molecule has 2 rings (SSSR count). The minimum absolute atomic E-state index is 0.0758. The lowest BCUT2D eigenvalue weighted by Gasteiger charge is -2.37. The molecule has 1 atom stereocenters. The second-order valence-electron chi connectivity index (χ2n) is 4.65. The summed E-state index contributed by atoms with van der Waals surface area (Å²) in [6.45, 7) is 0.625. The highest BCUT2D eigenvalue weighted by Gasteiger charge is 2.41. The predicted molar refractivity (Wildman–Crippen MR) is 56.1 cm³/mol. The molecule has 0 aromatic carbocycles. The smallest absolute Gasteiger partial charge is 0.264 e. The van der Waals surface area contributed by atoms with Gasteiger partial charge < -0.3 is 4.74 Å². The normalized spacial score (nSPS) is 30.9. The van der Waals surface area contributed by atoms with Gasteiger partial charge in [-0.3, -0.25) is 4.18 Å². The van der Waals surface area contributed by atoms with E-state index in [9.17, 15) is 8.42 Å². The van der Waals surface area contributed by atoms with Crippen LogP contribution in [-0.2, 0) is 19.0 Å². The Morgan fingerprint density at radius 3 is 2.60 bits per heavy atom. The molecule has 88 valence electrons. The third kappa shape index (κ3) is 2.92. The van der Waals surface area contributed by atoms with E-state index in [-0.39, 0.29) is 11.7 Å². The van der Waals surface area contributed by atoms with E-state index in [0.717, 1.165) is 25.5 Å². The van der Waals surface area contributed by atoms with E-state index in [0.29, 0.717) is 13.0 Å². The van der Waals surface area contributed by atoms with Crippen LogP contribution >= 0.6 is 0 Å². The quantitative estimate of drug-likeness (QED) is 0.679. The van der Waals surface area contributed by atoms with Crippen molar-refractivity contribution in [1.29, 1.82) is 0 Å². The molecule has 15 heavy (non-hydrogen) atoms. The molecule has 1 saturated carbocycles. The molecule has 2 fully saturated rings. The Hall–Kier alpha value is -0.130. The molecule has 0 aromatic heterocycles. The zero-order valence-corrected chi connectivity index (χ0v) is 9.88. The van der Waals surface area contributed by atoms with Gasteiger partial charge in [0.05, 0.1) is 18.0 Å². The fourth-order valence-corrected chi connectivity index (χ4v) is 3.34. The Balaban J connectivity index is 1.98. The summed E-state index contributed by atoms with van der Waals surface area (Å²) >= 11 is 0. The zero-order valence-electron chi connectivity index (χ0n) is 9.07. The standard InChI is InChI=1S/C10H18O4S/c1-15(11,12)14-9-4-7-13-10(8-9)5-2-3-6-10/h9H,2-8H2,1H3/t9-/m1/s1. The molecule has 0 unspecified atom stereocenters. The highest BCUT2D eigenvalue weighted by Crippen LogP contribution is 2.40. The number of ether oxygens (including phenoxy) is 1. The highest BCUT2D eigenvalue weighted by atomic mass is 32.2. The maximum atomic E-state index is 11.0. The lowest BCUT2D eigenvalue weighted by atomic mass is 9.90. The molecule has 1 heterocycles. The van der Waals surface area contributed by atoms with Crippen molar-refractivity contribution in [2.45, 2.75) is 50.2 Å². The predicted octanol–water partition coefficient (Wildman–Crippen LogP) is 1.45. The SMILES string of the molecule is CS(=O)(=O)O[C@@H]1CCOC2(CCCC2)C1. The summed E-state index contributed by atoms with van der Waals surface area (Å²) < 4.78 is 32.9. The first-order chi connectivity index (χ1) is 6.99. The summed E-state index contributed by atoms with van der Waals surface area (Å²) in [4.78, 5) is 0. The third-order valence-corrected chi connectivity index (χ3v) is 3.90. The monoisotopic (exact) mass is 234 g/mol. The average molecular weight is 234 g/mol. The molecule has 2 aliphatic rings. The highest BCUT2D eigenvalue weighted by molar-refractivity contribution is 7.86. The first kappa shape index (κ1) is 11.4. The van der Waals surface area contributed by atoms with Gasteiger partial charge in [0.15, 0.2) is 0 Å². The summed E-state index contributed by atoms with van der Waals surface area (Å²) in [5.74, 6) is 0. The van der Waals surface area contributed by atoms with Crippen LogP contribution in [0, 0.1) is 0 Å². The molecule has 0 aromatic rings. The Kier molecular flexibility index (Phi) is 3.05. The fourth-order valence-electron chi connectivity index (χ4n) is 2.68. The number of hydrogen-bond donors (Lipinski definition) is 0. The van der Waals surface area contributed by atoms with E-state index in [1.807, 2.05) is 0 Å². The molecule has 1 aliphatic heterocycles. The van der Waals surface area contributed by atoms with Crippen molar-refractivity contribution in [3.63, 3.8) is 0 Å². The van der Waals surface area contributed by atoms with Crippen LogP contribution < -0.4 is 0 Å². The lowest BCUT2D eigenvalue weighted by Crippen LogP contribution is -2.41. The molecule has 0 N–H and O–H groups in total. The van der Waals surface area contributed by atoms with Crippen molar-refractivity contribution in [2.75, 3.05) is 12.9 Å². The van der Waals surface area contributed by atoms with E-state index in [1.165, 1.54) is 12.8 Å². The second kappa shape index (κ2) is 4.03. The summed E-state index contributed by atoms with van der Waals surface area (Å²) in [6, 6.07) is 0. The lowest BCUT2D eigenvalue weighted by molar-refractivity contribution is -0.106. The van der Waals surface area contributed by atoms with E-state index in [2.05, 4.69) is 0 Å². The van der Waals surface area contributed by atoms with Crippen LogP contribution in [0.1, 0.15) is 38.5 Å². The van der Waals surface area contributed by atoms with Gasteiger partial charge in [0.1, 0.15) is 0 Å². The Bertz CT molecular complexity index is 316. The van der Waals surface area contributed by atoms with Gasteiger partial charge in [-0.2, -0.15) is 8.42 Å². The second-order valence-corrected chi connectivity index (χ2v) is 6.25. The largest absolute Gasteiger partial charge is 0.375 e. The van der Waals surface area contributed by atoms with Crippen molar-refractivity contribution in [1.82, 2.24) is 0 Å². The van der Waals surface area contributed by atoms with Crippen LogP contribution in [0.25, 0.3) is 0 Å². The Morgan fingerprint density at radius 1 is 1.33 bits per heavy atom. The van der Waals surface area contributed by atoms with Crippen LogP contribution in [0.2, 0.25) is 0 Å². The first-order valence-corrected chi connectivity index (χ1v) is 7.33. The van der Waals surface area contributed by atoms with Crippen molar-refractivity contribution < 1.29 is 17.3 Å². The summed E-state index contributed by atoms with van der Waals surface area (Å²) in [5, 5.41) is 0. The van der Waals surface area contributed by atoms with Crippen molar-refractivity contribution in [3.8, 4) is 0 Å². The number of rotatable bonds is 2. The van der Waals surface area contributed by atoms with Crippen molar-refractivity contribution in [3.05, 3.63) is 0 Å². The molecule has 5 heteroatoms. The van der Waals surface area contributed by atoms with Gasteiger partial charge in [0, 0.05) is 13.0 Å². The Labute approximate surface area is 91.1 Å². The summed E-state index contributed by atoms with van der Waals surface area (Å²) in [7, 11) is -3.33. The van der Waals surface area contributed by atoms with E-state index >= 15 is 0 Å². The maximum Gasteiger partial charge on any atom is 0.264 e. The number of hydrogen-bond acceptors (Lipinski definition) is 4. The average Bonchev–Trinajstić information content (AvgIpc) is 2.50. The molecular weight excluding hydrogens is 216 g/mol. The van der Waals surface area contributed by atoms with E-state index in [1.54, 1.807) is 0 Å². The van der Waals surface area contributed by atoms with Gasteiger partial charge in [-0.15, -0.1) is 0 Å². The zero-order chi connectivity index (χ0) is 10.9. The molecule has 0 radical (unpaired) electrons. The molecule has 0 amide bonds. The van der Waals surface area contributed by atoms with Crippen molar-refractivity contribution in [2.24, 2.45) is 0 Å². The minimum Gasteiger partial charge on any atom is -0.375 e. The molecule has 1 saturated heterocycles. The summed E-state index contributed by atoms with van der Waals surface area (Å²) in [5.41, 5.74) is -0.0758. The van der Waals surface area contributed by atoms with Crippen LogP contribution in [0.15, 0.2) is 0 Å². The van der Waals surface area contributed by atoms with Crippen LogP contribution in [0.4, 0.5) is 0 Å². The minimum atomic E-state index is -3.33. The van der Waals surface area contributed by atoms with Gasteiger partial charge in [0.2, 0.25) is 0 Å². The van der Waals surface area contributed by atoms with Gasteiger partial charge >= 0.3 is 0 Å². The topological polar surface area (TPSA) is 52.6 Å². The van der Waals surface area contributed by atoms with Crippen LogP contribution in [-0.4, -0.2) is 33.0 Å². The Morgan fingerprint density at radius 2 is 2.00 bits per heavy atom. The molecule has 4 nitrogen and oxygen atoms in total. The summed E-state index contributed by atoms with van der Waals surface area (Å²) in [6.07, 6.45) is 6.84. The van der Waals surface area contributed by atoms with Gasteiger partial charge in [0.25, 0.3) is 10.1 Å². The molecule has 1 spiro atoms. The van der Waals surface area contributed by atoms with E-state index in [4.69, 9.17) is 8.92 Å². The molecular formula is C10H18O4S. The van der Waals surface area contributed by atoms with Crippen LogP contribution in [0.5, 0.6) is 0 Å². The third-order valence-electron chi connectivity index (χ3n) is 3.27. The maximum absolute atomic E-state index is 11.0. The van der Waals surface area contributed by atoms with Gasteiger partial charge in [-0.25, -0.2) is 0 Å². The van der Waals surface area contributed by atoms with Gasteiger partial charge in [-0.05, 0) is 19.3 Å². The molecule has 1 aliphatic carbocycles. The fraction of sp³-hybridized carbons (Fsp3) is 1.00. The first-order valence-electron chi connectivity index (χ1n) is 5.51.